The van der Waals surface area contributed by atoms with E-state index in [0.29, 0.717) is 17.3 Å². The zero-order valence-electron chi connectivity index (χ0n) is 16.0. The minimum Gasteiger partial charge on any atom is -0.484 e. The molecule has 0 radical (unpaired) electrons. The van der Waals surface area contributed by atoms with Crippen molar-refractivity contribution in [2.24, 2.45) is 0 Å². The SMILES string of the molecule is O=C(COc1cccc(Cl)c1)NCC(c1ccsc1)N1CCc2ccccc2C1. The molecule has 0 saturated carbocycles. The van der Waals surface area contributed by atoms with E-state index in [1.165, 1.54) is 16.7 Å². The molecule has 0 fully saturated rings. The van der Waals surface area contributed by atoms with Gasteiger partial charge in [-0.2, -0.15) is 11.3 Å². The van der Waals surface area contributed by atoms with Gasteiger partial charge in [0.2, 0.25) is 0 Å². The maximum Gasteiger partial charge on any atom is 0.258 e. The summed E-state index contributed by atoms with van der Waals surface area (Å²) in [5.74, 6) is 0.456. The molecular weight excluding hydrogens is 404 g/mol. The predicted octanol–water partition coefficient (Wildman–Crippen LogP) is 4.70. The number of fused-ring (bicyclic) bond motifs is 1. The van der Waals surface area contributed by atoms with Crippen molar-refractivity contribution in [3.63, 3.8) is 0 Å². The van der Waals surface area contributed by atoms with E-state index < -0.39 is 0 Å². The summed E-state index contributed by atoms with van der Waals surface area (Å²) in [6.45, 7) is 2.40. The van der Waals surface area contributed by atoms with Gasteiger partial charge in [-0.1, -0.05) is 41.9 Å². The van der Waals surface area contributed by atoms with Gasteiger partial charge in [0.15, 0.2) is 6.61 Å². The highest BCUT2D eigenvalue weighted by molar-refractivity contribution is 7.08. The number of thiophene rings is 1. The number of benzene rings is 2. The fourth-order valence-electron chi connectivity index (χ4n) is 3.67. The summed E-state index contributed by atoms with van der Waals surface area (Å²) in [5, 5.41) is 7.89. The second-order valence-corrected chi connectivity index (χ2v) is 8.33. The highest BCUT2D eigenvalue weighted by Gasteiger charge is 2.25. The lowest BCUT2D eigenvalue weighted by atomic mass is 9.97. The quantitative estimate of drug-likeness (QED) is 0.595. The van der Waals surface area contributed by atoms with Crippen LogP contribution in [0.2, 0.25) is 5.02 Å². The Morgan fingerprint density at radius 3 is 2.83 bits per heavy atom. The van der Waals surface area contributed by atoms with Crippen molar-refractivity contribution in [1.29, 1.82) is 0 Å². The minimum atomic E-state index is -0.136. The number of carbonyl (C=O) groups is 1. The number of carbonyl (C=O) groups excluding carboxylic acids is 1. The van der Waals surface area contributed by atoms with E-state index in [9.17, 15) is 4.79 Å². The molecule has 1 unspecified atom stereocenters. The maximum atomic E-state index is 12.4. The Kier molecular flexibility index (Phi) is 6.49. The van der Waals surface area contributed by atoms with E-state index in [1.807, 2.05) is 0 Å². The van der Waals surface area contributed by atoms with Crippen LogP contribution in [0.25, 0.3) is 0 Å². The molecule has 29 heavy (non-hydrogen) atoms. The lowest BCUT2D eigenvalue weighted by Gasteiger charge is -2.35. The molecule has 1 atom stereocenters. The number of rotatable bonds is 7. The topological polar surface area (TPSA) is 41.6 Å². The number of nitrogens with one attached hydrogen (secondary N) is 1. The van der Waals surface area contributed by atoms with E-state index in [-0.39, 0.29) is 18.6 Å². The zero-order valence-corrected chi connectivity index (χ0v) is 17.6. The van der Waals surface area contributed by atoms with Gasteiger partial charge < -0.3 is 10.1 Å². The van der Waals surface area contributed by atoms with Gasteiger partial charge in [-0.25, -0.2) is 0 Å². The Morgan fingerprint density at radius 1 is 1.17 bits per heavy atom. The molecule has 6 heteroatoms. The van der Waals surface area contributed by atoms with Gasteiger partial charge in [0.1, 0.15) is 5.75 Å². The number of nitrogens with zero attached hydrogens (tertiary/aromatic N) is 1. The Hall–Kier alpha value is -2.34. The summed E-state index contributed by atoms with van der Waals surface area (Å²) in [6, 6.07) is 18.0. The average Bonchev–Trinajstić information content (AvgIpc) is 3.27. The second kappa shape index (κ2) is 9.44. The molecule has 4 rings (SSSR count). The number of ether oxygens (including phenoxy) is 1. The normalized spacial score (nSPS) is 14.8. The average molecular weight is 427 g/mol. The van der Waals surface area contributed by atoms with Crippen molar-refractivity contribution in [3.05, 3.63) is 87.1 Å². The molecule has 1 aliphatic heterocycles. The van der Waals surface area contributed by atoms with Gasteiger partial charge in [0, 0.05) is 24.7 Å². The molecule has 4 nitrogen and oxygen atoms in total. The standard InChI is InChI=1S/C23H23ClN2O2S/c24-20-6-3-7-21(12-20)28-15-23(27)25-13-22(19-9-11-29-16-19)26-10-8-17-4-1-2-5-18(17)14-26/h1-7,9,11-12,16,22H,8,10,13-15H2,(H,25,27). The van der Waals surface area contributed by atoms with Crippen LogP contribution >= 0.6 is 22.9 Å². The van der Waals surface area contributed by atoms with Gasteiger partial charge in [0.05, 0.1) is 6.04 Å². The molecule has 1 aliphatic rings. The van der Waals surface area contributed by atoms with Crippen LogP contribution in [0.5, 0.6) is 5.75 Å². The van der Waals surface area contributed by atoms with Crippen LogP contribution in [0.3, 0.4) is 0 Å². The Bertz CT molecular complexity index is 961. The molecule has 3 aromatic rings. The second-order valence-electron chi connectivity index (χ2n) is 7.11. The summed E-state index contributed by atoms with van der Waals surface area (Å²) in [5.41, 5.74) is 4.03. The monoisotopic (exact) mass is 426 g/mol. The van der Waals surface area contributed by atoms with Crippen molar-refractivity contribution in [2.45, 2.75) is 19.0 Å². The Morgan fingerprint density at radius 2 is 2.03 bits per heavy atom. The van der Waals surface area contributed by atoms with Crippen LogP contribution < -0.4 is 10.1 Å². The maximum absolute atomic E-state index is 12.4. The fourth-order valence-corrected chi connectivity index (χ4v) is 4.56. The third-order valence-corrected chi connectivity index (χ3v) is 6.12. The van der Waals surface area contributed by atoms with E-state index in [4.69, 9.17) is 16.3 Å². The first-order valence-corrected chi connectivity index (χ1v) is 11.0. The largest absolute Gasteiger partial charge is 0.484 e. The highest BCUT2D eigenvalue weighted by atomic mass is 35.5. The molecule has 2 heterocycles. The zero-order chi connectivity index (χ0) is 20.1. The molecule has 1 N–H and O–H groups in total. The first-order chi connectivity index (χ1) is 14.2. The smallest absolute Gasteiger partial charge is 0.258 e. The molecule has 0 bridgehead atoms. The van der Waals surface area contributed by atoms with E-state index in [0.717, 1.165) is 19.5 Å². The lowest BCUT2D eigenvalue weighted by Crippen LogP contribution is -2.41. The fraction of sp³-hybridized carbons (Fsp3) is 0.261. The lowest BCUT2D eigenvalue weighted by molar-refractivity contribution is -0.123. The Balaban J connectivity index is 1.37. The molecule has 2 aromatic carbocycles. The highest BCUT2D eigenvalue weighted by Crippen LogP contribution is 2.28. The first kappa shape index (κ1) is 20.0. The van der Waals surface area contributed by atoms with E-state index in [1.54, 1.807) is 35.6 Å². The molecule has 0 saturated heterocycles. The molecular formula is C23H23ClN2O2S. The summed E-state index contributed by atoms with van der Waals surface area (Å²) in [7, 11) is 0. The van der Waals surface area contributed by atoms with Gasteiger partial charge in [-0.3, -0.25) is 9.69 Å². The molecule has 0 aliphatic carbocycles. The molecule has 1 aromatic heterocycles. The number of amides is 1. The van der Waals surface area contributed by atoms with Crippen molar-refractivity contribution < 1.29 is 9.53 Å². The van der Waals surface area contributed by atoms with Crippen LogP contribution in [0.1, 0.15) is 22.7 Å². The van der Waals surface area contributed by atoms with Crippen LogP contribution in [0.4, 0.5) is 0 Å². The Labute approximate surface area is 180 Å². The number of hydrogen-bond acceptors (Lipinski definition) is 4. The number of hydrogen-bond donors (Lipinski definition) is 1. The summed E-state index contributed by atoms with van der Waals surface area (Å²) in [6.07, 6.45) is 1.03. The van der Waals surface area contributed by atoms with Crippen molar-refractivity contribution in [2.75, 3.05) is 19.7 Å². The van der Waals surface area contributed by atoms with Crippen molar-refractivity contribution in [3.8, 4) is 5.75 Å². The third kappa shape index (κ3) is 5.18. The van der Waals surface area contributed by atoms with Gasteiger partial charge >= 0.3 is 0 Å². The van der Waals surface area contributed by atoms with Crippen molar-refractivity contribution >= 4 is 28.8 Å². The summed E-state index contributed by atoms with van der Waals surface area (Å²) >= 11 is 7.64. The van der Waals surface area contributed by atoms with E-state index >= 15 is 0 Å². The summed E-state index contributed by atoms with van der Waals surface area (Å²) in [4.78, 5) is 14.8. The van der Waals surface area contributed by atoms with Gasteiger partial charge in [-0.15, -0.1) is 0 Å². The van der Waals surface area contributed by atoms with Crippen LogP contribution in [0, 0.1) is 0 Å². The van der Waals surface area contributed by atoms with Gasteiger partial charge in [0.25, 0.3) is 5.91 Å². The van der Waals surface area contributed by atoms with Gasteiger partial charge in [-0.05, 0) is 58.1 Å². The summed E-state index contributed by atoms with van der Waals surface area (Å²) < 4.78 is 5.56. The molecule has 150 valence electrons. The van der Waals surface area contributed by atoms with Crippen molar-refractivity contribution in [1.82, 2.24) is 10.2 Å². The molecule has 0 spiro atoms. The van der Waals surface area contributed by atoms with Crippen LogP contribution in [-0.2, 0) is 17.8 Å². The minimum absolute atomic E-state index is 0.0282. The van der Waals surface area contributed by atoms with E-state index in [2.05, 4.69) is 51.3 Å². The molecule has 1 amide bonds. The predicted molar refractivity (Wildman–Crippen MR) is 118 cm³/mol. The third-order valence-electron chi connectivity index (χ3n) is 5.19. The number of halogens is 1. The van der Waals surface area contributed by atoms with Crippen LogP contribution in [-0.4, -0.2) is 30.5 Å². The van der Waals surface area contributed by atoms with Crippen LogP contribution in [0.15, 0.2) is 65.4 Å². The first-order valence-electron chi connectivity index (χ1n) is 9.67.